The minimum absolute atomic E-state index is 0.152. The van der Waals surface area contributed by atoms with E-state index in [2.05, 4.69) is 39.8 Å². The fraction of sp³-hybridized carbons (Fsp3) is 0.450. The standard InChI is InChI=1S/C20H19IN2O4/c1-26-15-6-9(5-14(21)18(15)27-2)8-22-23-19(24)16-10-3-4-11(13-7-12(10)13)17(16)20(23)25/h3-6,8,10-13,16-17H,7H2,1-2H3/b22-8-/t10-,11-,12-,13+,16+,17+/m0/s1. The molecule has 27 heavy (non-hydrogen) atoms. The normalized spacial score (nSPS) is 35.6. The quantitative estimate of drug-likeness (QED) is 0.289. The van der Waals surface area contributed by atoms with Crippen molar-refractivity contribution in [1.82, 2.24) is 5.01 Å². The molecule has 6 rings (SSSR count). The molecule has 0 unspecified atom stereocenters. The Hall–Kier alpha value is -1.90. The van der Waals surface area contributed by atoms with Crippen LogP contribution in [0.25, 0.3) is 0 Å². The first-order valence-electron chi connectivity index (χ1n) is 9.06. The molecule has 0 radical (unpaired) electrons. The number of benzene rings is 1. The minimum Gasteiger partial charge on any atom is -0.493 e. The molecule has 6 nitrogen and oxygen atoms in total. The van der Waals surface area contributed by atoms with Crippen LogP contribution in [0.2, 0.25) is 0 Å². The predicted molar refractivity (Wildman–Crippen MR) is 106 cm³/mol. The maximum absolute atomic E-state index is 12.9. The fourth-order valence-corrected chi connectivity index (χ4v) is 6.04. The molecule has 1 aliphatic heterocycles. The second-order valence-corrected chi connectivity index (χ2v) is 8.79. The zero-order valence-electron chi connectivity index (χ0n) is 15.0. The molecule has 6 atom stereocenters. The molecule has 7 heteroatoms. The van der Waals surface area contributed by atoms with Gasteiger partial charge in [-0.05, 0) is 70.4 Å². The van der Waals surface area contributed by atoms with E-state index >= 15 is 0 Å². The number of rotatable bonds is 4. The van der Waals surface area contributed by atoms with Crippen LogP contribution in [0.15, 0.2) is 29.4 Å². The lowest BCUT2D eigenvalue weighted by Gasteiger charge is -2.37. The molecule has 4 aliphatic carbocycles. The summed E-state index contributed by atoms with van der Waals surface area (Å²) in [5.74, 6) is 2.09. The SMILES string of the molecule is COc1cc(/C=N\N2C(=O)[C@@H]3[C@H]4C=C[C@@H]([C@@H]5C[C@H]45)[C@H]3C2=O)cc(I)c1OC. The lowest BCUT2D eigenvalue weighted by atomic mass is 9.63. The van der Waals surface area contributed by atoms with Crippen molar-refractivity contribution in [2.75, 3.05) is 14.2 Å². The molecule has 2 bridgehead atoms. The van der Waals surface area contributed by atoms with Crippen LogP contribution < -0.4 is 9.47 Å². The Morgan fingerprint density at radius 3 is 2.26 bits per heavy atom. The van der Waals surface area contributed by atoms with Crippen molar-refractivity contribution in [3.8, 4) is 11.5 Å². The van der Waals surface area contributed by atoms with Crippen molar-refractivity contribution in [1.29, 1.82) is 0 Å². The van der Waals surface area contributed by atoms with Gasteiger partial charge in [-0.1, -0.05) is 12.2 Å². The molecule has 1 heterocycles. The van der Waals surface area contributed by atoms with Crippen molar-refractivity contribution >= 4 is 40.6 Å². The summed E-state index contributed by atoms with van der Waals surface area (Å²) in [4.78, 5) is 25.9. The van der Waals surface area contributed by atoms with Gasteiger partial charge >= 0.3 is 0 Å². The number of allylic oxidation sites excluding steroid dienone is 2. The first kappa shape index (κ1) is 17.2. The van der Waals surface area contributed by atoms with Gasteiger partial charge in [0.15, 0.2) is 11.5 Å². The highest BCUT2D eigenvalue weighted by Crippen LogP contribution is 2.65. The molecule has 140 valence electrons. The summed E-state index contributed by atoms with van der Waals surface area (Å²) in [6, 6.07) is 3.66. The molecular weight excluding hydrogens is 459 g/mol. The Kier molecular flexibility index (Phi) is 3.86. The minimum atomic E-state index is -0.223. The zero-order valence-corrected chi connectivity index (χ0v) is 17.1. The van der Waals surface area contributed by atoms with Crippen LogP contribution >= 0.6 is 22.6 Å². The summed E-state index contributed by atoms with van der Waals surface area (Å²) < 4.78 is 11.6. The van der Waals surface area contributed by atoms with Crippen LogP contribution in [0, 0.1) is 39.1 Å². The number of ether oxygens (including phenoxy) is 2. The van der Waals surface area contributed by atoms with Gasteiger partial charge in [-0.3, -0.25) is 9.59 Å². The van der Waals surface area contributed by atoms with Gasteiger partial charge in [-0.2, -0.15) is 10.1 Å². The number of amides is 2. The summed E-state index contributed by atoms with van der Waals surface area (Å²) in [7, 11) is 3.16. The molecule has 2 amide bonds. The number of hydrogen-bond acceptors (Lipinski definition) is 5. The molecule has 1 aromatic rings. The van der Waals surface area contributed by atoms with Crippen LogP contribution in [0.4, 0.5) is 0 Å². The Morgan fingerprint density at radius 2 is 1.70 bits per heavy atom. The third-order valence-electron chi connectivity index (χ3n) is 6.42. The molecule has 0 aromatic heterocycles. The van der Waals surface area contributed by atoms with Crippen molar-refractivity contribution in [3.05, 3.63) is 33.4 Å². The lowest BCUT2D eigenvalue weighted by Crippen LogP contribution is -2.40. The highest BCUT2D eigenvalue weighted by Gasteiger charge is 2.67. The second kappa shape index (κ2) is 6.05. The van der Waals surface area contributed by atoms with Crippen LogP contribution in [-0.2, 0) is 9.59 Å². The van der Waals surface area contributed by atoms with Crippen molar-refractivity contribution < 1.29 is 19.1 Å². The second-order valence-electron chi connectivity index (χ2n) is 7.63. The topological polar surface area (TPSA) is 68.2 Å². The number of imide groups is 1. The number of hydrogen-bond donors (Lipinski definition) is 0. The average molecular weight is 478 g/mol. The van der Waals surface area contributed by atoms with Gasteiger partial charge in [0.1, 0.15) is 0 Å². The van der Waals surface area contributed by atoms with Crippen molar-refractivity contribution in [2.24, 2.45) is 40.6 Å². The van der Waals surface area contributed by atoms with E-state index in [0.29, 0.717) is 23.3 Å². The van der Waals surface area contributed by atoms with Crippen molar-refractivity contribution in [2.45, 2.75) is 6.42 Å². The van der Waals surface area contributed by atoms with E-state index in [1.165, 1.54) is 0 Å². The van der Waals surface area contributed by atoms with Crippen LogP contribution in [0.3, 0.4) is 0 Å². The Labute approximate surface area is 170 Å². The van der Waals surface area contributed by atoms with E-state index < -0.39 is 0 Å². The van der Waals surface area contributed by atoms with Gasteiger partial charge in [0.25, 0.3) is 11.8 Å². The monoisotopic (exact) mass is 478 g/mol. The van der Waals surface area contributed by atoms with E-state index in [0.717, 1.165) is 20.6 Å². The van der Waals surface area contributed by atoms with Gasteiger partial charge in [-0.15, -0.1) is 0 Å². The highest BCUT2D eigenvalue weighted by atomic mass is 127. The largest absolute Gasteiger partial charge is 0.493 e. The summed E-state index contributed by atoms with van der Waals surface area (Å²) in [5, 5.41) is 5.36. The lowest BCUT2D eigenvalue weighted by molar-refractivity contribution is -0.140. The third kappa shape index (κ3) is 2.40. The number of hydrazone groups is 1. The average Bonchev–Trinajstić information content (AvgIpc) is 3.45. The maximum atomic E-state index is 12.9. The molecule has 3 fully saturated rings. The van der Waals surface area contributed by atoms with Crippen molar-refractivity contribution in [3.63, 3.8) is 0 Å². The molecule has 0 N–H and O–H groups in total. The smallest absolute Gasteiger partial charge is 0.254 e. The summed E-state index contributed by atoms with van der Waals surface area (Å²) in [6.07, 6.45) is 7.03. The molecule has 2 saturated carbocycles. The first-order chi connectivity index (χ1) is 13.0. The van der Waals surface area contributed by atoms with Crippen LogP contribution in [0.1, 0.15) is 12.0 Å². The van der Waals surface area contributed by atoms with Gasteiger partial charge in [-0.25, -0.2) is 0 Å². The highest BCUT2D eigenvalue weighted by molar-refractivity contribution is 14.1. The number of methoxy groups -OCH3 is 2. The molecule has 1 aromatic carbocycles. The van der Waals surface area contributed by atoms with Crippen LogP contribution in [0.5, 0.6) is 11.5 Å². The van der Waals surface area contributed by atoms with Crippen LogP contribution in [-0.4, -0.2) is 37.3 Å². The number of nitrogens with zero attached hydrogens (tertiary/aromatic N) is 2. The van der Waals surface area contributed by atoms with Gasteiger partial charge < -0.3 is 9.47 Å². The fourth-order valence-electron chi connectivity index (χ4n) is 5.19. The van der Waals surface area contributed by atoms with E-state index in [-0.39, 0.29) is 35.5 Å². The number of carbonyl (C=O) groups excluding carboxylic acids is 2. The first-order valence-corrected chi connectivity index (χ1v) is 10.1. The zero-order chi connectivity index (χ0) is 18.9. The Balaban J connectivity index is 1.43. The van der Waals surface area contributed by atoms with Gasteiger partial charge in [0, 0.05) is 0 Å². The molecule has 5 aliphatic rings. The third-order valence-corrected chi connectivity index (χ3v) is 7.22. The van der Waals surface area contributed by atoms with E-state index in [9.17, 15) is 9.59 Å². The number of halogens is 1. The van der Waals surface area contributed by atoms with E-state index in [1.54, 1.807) is 26.5 Å². The number of carbonyl (C=O) groups is 2. The van der Waals surface area contributed by atoms with Gasteiger partial charge in [0.2, 0.25) is 0 Å². The molecular formula is C20H19IN2O4. The summed E-state index contributed by atoms with van der Waals surface area (Å²) >= 11 is 2.16. The summed E-state index contributed by atoms with van der Waals surface area (Å²) in [5.41, 5.74) is 0.747. The molecule has 0 spiro atoms. The Bertz CT molecular complexity index is 875. The Morgan fingerprint density at radius 1 is 1.07 bits per heavy atom. The van der Waals surface area contributed by atoms with E-state index in [1.807, 2.05) is 6.07 Å². The molecule has 1 saturated heterocycles. The predicted octanol–water partition coefficient (Wildman–Crippen LogP) is 2.70. The summed E-state index contributed by atoms with van der Waals surface area (Å²) in [6.45, 7) is 0. The van der Waals surface area contributed by atoms with Gasteiger partial charge in [0.05, 0.1) is 35.8 Å². The maximum Gasteiger partial charge on any atom is 0.254 e. The van der Waals surface area contributed by atoms with E-state index in [4.69, 9.17) is 9.47 Å².